The maximum atomic E-state index is 12.1. The van der Waals surface area contributed by atoms with Crippen molar-refractivity contribution in [3.63, 3.8) is 0 Å². The van der Waals surface area contributed by atoms with Crippen LogP contribution in [0, 0.1) is 0 Å². The van der Waals surface area contributed by atoms with Crippen molar-refractivity contribution in [3.05, 3.63) is 34.7 Å². The highest BCUT2D eigenvalue weighted by Crippen LogP contribution is 2.19. The molecule has 2 rings (SSSR count). The molecule has 0 aromatic carbocycles. The Balaban J connectivity index is 1.89. The first-order chi connectivity index (χ1) is 10.7. The molecule has 0 saturated heterocycles. The van der Waals surface area contributed by atoms with Gasteiger partial charge in [0.2, 0.25) is 5.89 Å². The Kier molecular flexibility index (Phi) is 4.99. The standard InChI is InChI=1S/C15H22ClN5O2/c1-15(2,3)13-18-12(19-23-13)7-17-14(22)21(5)9-11-6-10(16)8-20(11)4/h6,8H,7,9H2,1-5H3,(H,17,22). The van der Waals surface area contributed by atoms with Crippen LogP contribution in [0.4, 0.5) is 4.79 Å². The monoisotopic (exact) mass is 339 g/mol. The predicted octanol–water partition coefficient (Wildman–Crippen LogP) is 2.70. The van der Waals surface area contributed by atoms with E-state index in [1.54, 1.807) is 18.1 Å². The fraction of sp³-hybridized carbons (Fsp3) is 0.533. The number of halogens is 1. The lowest BCUT2D eigenvalue weighted by atomic mass is 9.97. The number of aromatic nitrogens is 3. The molecule has 2 amide bonds. The Morgan fingerprint density at radius 2 is 2.17 bits per heavy atom. The zero-order chi connectivity index (χ0) is 17.2. The van der Waals surface area contributed by atoms with Crippen LogP contribution in [0.15, 0.2) is 16.8 Å². The SMILES string of the molecule is CN(Cc1cc(Cl)cn1C)C(=O)NCc1noc(C(C)(C)C)n1. The van der Waals surface area contributed by atoms with Crippen molar-refractivity contribution in [2.45, 2.75) is 39.3 Å². The molecule has 23 heavy (non-hydrogen) atoms. The lowest BCUT2D eigenvalue weighted by Gasteiger charge is -2.17. The number of nitrogens with zero attached hydrogens (tertiary/aromatic N) is 4. The van der Waals surface area contributed by atoms with Gasteiger partial charge in [-0.05, 0) is 6.07 Å². The van der Waals surface area contributed by atoms with Gasteiger partial charge in [0, 0.05) is 31.4 Å². The first kappa shape index (κ1) is 17.3. The lowest BCUT2D eigenvalue weighted by molar-refractivity contribution is 0.205. The Morgan fingerprint density at radius 3 is 2.70 bits per heavy atom. The molecule has 2 aromatic heterocycles. The molecule has 0 fully saturated rings. The summed E-state index contributed by atoms with van der Waals surface area (Å²) in [5.74, 6) is 1.01. The first-order valence-corrected chi connectivity index (χ1v) is 7.67. The number of carbonyl (C=O) groups is 1. The number of aryl methyl sites for hydroxylation is 1. The van der Waals surface area contributed by atoms with Crippen molar-refractivity contribution in [1.29, 1.82) is 0 Å². The van der Waals surface area contributed by atoms with Crippen molar-refractivity contribution >= 4 is 17.6 Å². The molecule has 2 heterocycles. The second kappa shape index (κ2) is 6.62. The molecule has 2 aromatic rings. The smallest absolute Gasteiger partial charge is 0.317 e. The Hall–Kier alpha value is -2.02. The van der Waals surface area contributed by atoms with Crippen LogP contribution in [0.2, 0.25) is 5.02 Å². The van der Waals surface area contributed by atoms with Crippen LogP contribution < -0.4 is 5.32 Å². The van der Waals surface area contributed by atoms with E-state index in [4.69, 9.17) is 16.1 Å². The minimum absolute atomic E-state index is 0.210. The van der Waals surface area contributed by atoms with Gasteiger partial charge in [0.1, 0.15) is 0 Å². The Labute approximate surface area is 140 Å². The van der Waals surface area contributed by atoms with Crippen LogP contribution in [0.3, 0.4) is 0 Å². The van der Waals surface area contributed by atoms with E-state index in [1.165, 1.54) is 0 Å². The van der Waals surface area contributed by atoms with Crippen molar-refractivity contribution in [3.8, 4) is 0 Å². The van der Waals surface area contributed by atoms with Crippen LogP contribution in [0.1, 0.15) is 38.2 Å². The minimum atomic E-state index is -0.218. The minimum Gasteiger partial charge on any atom is -0.351 e. The van der Waals surface area contributed by atoms with E-state index in [0.717, 1.165) is 5.69 Å². The third-order valence-electron chi connectivity index (χ3n) is 3.33. The molecule has 0 radical (unpaired) electrons. The molecule has 0 unspecified atom stereocenters. The summed E-state index contributed by atoms with van der Waals surface area (Å²) in [7, 11) is 3.60. The van der Waals surface area contributed by atoms with E-state index in [2.05, 4.69) is 15.5 Å². The molecule has 0 bridgehead atoms. The maximum Gasteiger partial charge on any atom is 0.317 e. The number of hydrogen-bond donors (Lipinski definition) is 1. The second-order valence-corrected chi connectivity index (χ2v) is 6.98. The maximum absolute atomic E-state index is 12.1. The molecular weight excluding hydrogens is 318 g/mol. The number of nitrogens with one attached hydrogen (secondary N) is 1. The van der Waals surface area contributed by atoms with E-state index in [9.17, 15) is 4.79 Å². The topological polar surface area (TPSA) is 76.2 Å². The highest BCUT2D eigenvalue weighted by atomic mass is 35.5. The van der Waals surface area contributed by atoms with Gasteiger partial charge in [-0.3, -0.25) is 0 Å². The van der Waals surface area contributed by atoms with E-state index >= 15 is 0 Å². The van der Waals surface area contributed by atoms with E-state index in [0.29, 0.717) is 23.3 Å². The van der Waals surface area contributed by atoms with Crippen LogP contribution in [-0.4, -0.2) is 32.7 Å². The van der Waals surface area contributed by atoms with E-state index < -0.39 is 0 Å². The summed E-state index contributed by atoms with van der Waals surface area (Å²) in [5, 5.41) is 7.29. The van der Waals surface area contributed by atoms with Gasteiger partial charge < -0.3 is 19.3 Å². The number of urea groups is 1. The lowest BCUT2D eigenvalue weighted by Crippen LogP contribution is -2.37. The van der Waals surface area contributed by atoms with Gasteiger partial charge in [0.25, 0.3) is 0 Å². The number of amides is 2. The van der Waals surface area contributed by atoms with Gasteiger partial charge in [0.05, 0.1) is 18.1 Å². The molecule has 0 aliphatic rings. The molecule has 0 aliphatic heterocycles. The fourth-order valence-electron chi connectivity index (χ4n) is 1.96. The molecule has 7 nitrogen and oxygen atoms in total. The summed E-state index contributed by atoms with van der Waals surface area (Å²) in [4.78, 5) is 18.0. The van der Waals surface area contributed by atoms with Crippen molar-refractivity contribution in [1.82, 2.24) is 24.9 Å². The highest BCUT2D eigenvalue weighted by molar-refractivity contribution is 6.30. The summed E-state index contributed by atoms with van der Waals surface area (Å²) in [5.41, 5.74) is 0.736. The van der Waals surface area contributed by atoms with Crippen LogP contribution in [0.5, 0.6) is 0 Å². The average molecular weight is 340 g/mol. The Bertz CT molecular complexity index is 686. The molecule has 0 atom stereocenters. The van der Waals surface area contributed by atoms with Crippen LogP contribution in [-0.2, 0) is 25.6 Å². The fourth-order valence-corrected chi connectivity index (χ4v) is 2.23. The summed E-state index contributed by atoms with van der Waals surface area (Å²) >= 11 is 5.94. The van der Waals surface area contributed by atoms with Crippen LogP contribution in [0.25, 0.3) is 0 Å². The molecule has 0 saturated carbocycles. The molecule has 1 N–H and O–H groups in total. The third kappa shape index (κ3) is 4.48. The van der Waals surface area contributed by atoms with E-state index in [1.807, 2.05) is 38.5 Å². The second-order valence-electron chi connectivity index (χ2n) is 6.54. The van der Waals surface area contributed by atoms with Crippen molar-refractivity contribution in [2.75, 3.05) is 7.05 Å². The van der Waals surface area contributed by atoms with Gasteiger partial charge in [-0.1, -0.05) is 37.5 Å². The molecule has 0 spiro atoms. The molecule has 8 heteroatoms. The van der Waals surface area contributed by atoms with Crippen molar-refractivity contribution < 1.29 is 9.32 Å². The van der Waals surface area contributed by atoms with Crippen LogP contribution >= 0.6 is 11.6 Å². The summed E-state index contributed by atoms with van der Waals surface area (Å²) < 4.78 is 7.08. The normalized spacial score (nSPS) is 11.6. The zero-order valence-electron chi connectivity index (χ0n) is 14.1. The average Bonchev–Trinajstić information content (AvgIpc) is 3.03. The first-order valence-electron chi connectivity index (χ1n) is 7.29. The summed E-state index contributed by atoms with van der Waals surface area (Å²) in [6.45, 7) is 6.64. The van der Waals surface area contributed by atoms with Gasteiger partial charge in [-0.25, -0.2) is 4.79 Å². The van der Waals surface area contributed by atoms with Gasteiger partial charge in [0.15, 0.2) is 5.82 Å². The summed E-state index contributed by atoms with van der Waals surface area (Å²) in [6, 6.07) is 1.62. The number of hydrogen-bond acceptors (Lipinski definition) is 4. The predicted molar refractivity (Wildman–Crippen MR) is 87.1 cm³/mol. The molecule has 0 aliphatic carbocycles. The zero-order valence-corrected chi connectivity index (χ0v) is 14.8. The van der Waals surface area contributed by atoms with Gasteiger partial charge in [-0.15, -0.1) is 0 Å². The van der Waals surface area contributed by atoms with E-state index in [-0.39, 0.29) is 18.0 Å². The Morgan fingerprint density at radius 1 is 1.48 bits per heavy atom. The highest BCUT2D eigenvalue weighted by Gasteiger charge is 2.22. The van der Waals surface area contributed by atoms with Gasteiger partial charge >= 0.3 is 6.03 Å². The molecule has 126 valence electrons. The van der Waals surface area contributed by atoms with Gasteiger partial charge in [-0.2, -0.15) is 4.98 Å². The summed E-state index contributed by atoms with van der Waals surface area (Å²) in [6.07, 6.45) is 1.80. The number of carbonyl (C=O) groups excluding carboxylic acids is 1. The quantitative estimate of drug-likeness (QED) is 0.929. The third-order valence-corrected chi connectivity index (χ3v) is 3.53. The largest absolute Gasteiger partial charge is 0.351 e. The van der Waals surface area contributed by atoms with Crippen molar-refractivity contribution in [2.24, 2.45) is 7.05 Å². The number of rotatable bonds is 4. The molecular formula is C15H22ClN5O2.